The van der Waals surface area contributed by atoms with Crippen molar-refractivity contribution in [2.45, 2.75) is 125 Å². The molecule has 6 unspecified atom stereocenters. The van der Waals surface area contributed by atoms with Crippen LogP contribution in [0.1, 0.15) is 126 Å². The lowest BCUT2D eigenvalue weighted by Gasteiger charge is -2.44. The summed E-state index contributed by atoms with van der Waals surface area (Å²) in [6.45, 7) is 17.0. The van der Waals surface area contributed by atoms with E-state index in [1.165, 1.54) is 75.3 Å². The zero-order valence-electron chi connectivity index (χ0n) is 25.3. The minimum Gasteiger partial charge on any atom is -0.0651 e. The number of rotatable bonds is 10. The van der Waals surface area contributed by atoms with E-state index in [-0.39, 0.29) is 0 Å². The van der Waals surface area contributed by atoms with Crippen LogP contribution in [-0.4, -0.2) is 0 Å². The molecule has 2 aliphatic rings. The molecule has 0 N–H and O–H groups in total. The number of hydrogen-bond donors (Lipinski definition) is 0. The third-order valence-electron chi connectivity index (χ3n) is 11.2. The molecule has 0 bridgehead atoms. The quantitative estimate of drug-likeness (QED) is 0.304. The second kappa shape index (κ2) is 13.0. The van der Waals surface area contributed by atoms with Gasteiger partial charge in [-0.05, 0) is 127 Å². The second-order valence-electron chi connectivity index (χ2n) is 13.3. The number of benzene rings is 2. The third kappa shape index (κ3) is 6.72. The van der Waals surface area contributed by atoms with E-state index in [4.69, 9.17) is 0 Å². The molecule has 2 aromatic carbocycles. The number of hydrogen-bond acceptors (Lipinski definition) is 0. The topological polar surface area (TPSA) is 0 Å². The molecule has 0 nitrogen and oxygen atoms in total. The minimum atomic E-state index is 0.682. The summed E-state index contributed by atoms with van der Waals surface area (Å²) in [7, 11) is 0. The van der Waals surface area contributed by atoms with Gasteiger partial charge in [0, 0.05) is 0 Å². The Morgan fingerprint density at radius 3 is 2.38 bits per heavy atom. The molecular formula is C37H56. The van der Waals surface area contributed by atoms with Gasteiger partial charge in [-0.25, -0.2) is 0 Å². The molecule has 0 radical (unpaired) electrons. The molecule has 0 spiro atoms. The monoisotopic (exact) mass is 500 g/mol. The average molecular weight is 501 g/mol. The maximum atomic E-state index is 2.61. The standard InChI is InChI=1S/C37H56/c1-8-29(9-2)12-11-13-37-26(5)21-35(27(6)28(37)7)22-30-14-15-32-17-19-34(24-36(32)23-30)33-18-16-31(10-3)25(4)20-33/h14-16,18,20,23,26-29,34-35,37H,8-13,17,19,21-22,24H2,1-7H3. The molecule has 2 aromatic rings. The molecule has 1 fully saturated rings. The van der Waals surface area contributed by atoms with E-state index >= 15 is 0 Å². The lowest BCUT2D eigenvalue weighted by Crippen LogP contribution is -2.37. The Labute approximate surface area is 230 Å². The van der Waals surface area contributed by atoms with Gasteiger partial charge in [-0.2, -0.15) is 0 Å². The van der Waals surface area contributed by atoms with Crippen LogP contribution in [-0.2, 0) is 25.7 Å². The van der Waals surface area contributed by atoms with Crippen molar-refractivity contribution >= 4 is 0 Å². The van der Waals surface area contributed by atoms with Crippen molar-refractivity contribution in [2.75, 3.05) is 0 Å². The highest BCUT2D eigenvalue weighted by Crippen LogP contribution is 2.46. The summed E-state index contributed by atoms with van der Waals surface area (Å²) in [4.78, 5) is 0. The Kier molecular flexibility index (Phi) is 9.99. The Hall–Kier alpha value is -1.56. The van der Waals surface area contributed by atoms with Crippen molar-refractivity contribution < 1.29 is 0 Å². The highest BCUT2D eigenvalue weighted by molar-refractivity contribution is 5.39. The first kappa shape index (κ1) is 28.4. The van der Waals surface area contributed by atoms with Crippen LogP contribution in [0, 0.1) is 42.4 Å². The van der Waals surface area contributed by atoms with Crippen molar-refractivity contribution in [2.24, 2.45) is 35.5 Å². The average Bonchev–Trinajstić information content (AvgIpc) is 2.90. The van der Waals surface area contributed by atoms with E-state index in [1.54, 1.807) is 22.3 Å². The fraction of sp³-hybridized carbons (Fsp3) is 0.676. The van der Waals surface area contributed by atoms with Gasteiger partial charge >= 0.3 is 0 Å². The summed E-state index contributed by atoms with van der Waals surface area (Å²) < 4.78 is 0. The van der Waals surface area contributed by atoms with Gasteiger partial charge in [0.25, 0.3) is 0 Å². The van der Waals surface area contributed by atoms with Gasteiger partial charge in [0.2, 0.25) is 0 Å². The maximum Gasteiger partial charge on any atom is -0.0118 e. The molecule has 4 rings (SSSR count). The Morgan fingerprint density at radius 2 is 1.68 bits per heavy atom. The molecule has 37 heavy (non-hydrogen) atoms. The summed E-state index contributed by atoms with van der Waals surface area (Å²) >= 11 is 0. The SMILES string of the molecule is CCc1ccc(C2CCc3ccc(CC4CC(C)C(CCCC(CC)CC)C(C)C4C)cc3C2)cc1C. The van der Waals surface area contributed by atoms with Crippen LogP contribution < -0.4 is 0 Å². The molecule has 0 amide bonds. The predicted octanol–water partition coefficient (Wildman–Crippen LogP) is 10.5. The summed E-state index contributed by atoms with van der Waals surface area (Å²) in [6.07, 6.45) is 14.6. The minimum absolute atomic E-state index is 0.682. The molecule has 2 aliphatic carbocycles. The largest absolute Gasteiger partial charge is 0.0651 e. The summed E-state index contributed by atoms with van der Waals surface area (Å²) in [5.41, 5.74) is 9.38. The van der Waals surface area contributed by atoms with Crippen molar-refractivity contribution in [1.82, 2.24) is 0 Å². The highest BCUT2D eigenvalue weighted by Gasteiger charge is 2.38. The molecule has 0 saturated heterocycles. The molecule has 0 aromatic heterocycles. The van der Waals surface area contributed by atoms with E-state index in [0.29, 0.717) is 5.92 Å². The van der Waals surface area contributed by atoms with Gasteiger partial charge < -0.3 is 0 Å². The normalized spacial score (nSPS) is 27.9. The third-order valence-corrected chi connectivity index (χ3v) is 11.2. The van der Waals surface area contributed by atoms with Crippen molar-refractivity contribution in [3.63, 3.8) is 0 Å². The Balaban J connectivity index is 1.38. The molecule has 0 heterocycles. The van der Waals surface area contributed by atoms with E-state index < -0.39 is 0 Å². The first-order chi connectivity index (χ1) is 17.8. The first-order valence-corrected chi connectivity index (χ1v) is 16.0. The first-order valence-electron chi connectivity index (χ1n) is 16.0. The number of fused-ring (bicyclic) bond motifs is 1. The molecule has 204 valence electrons. The van der Waals surface area contributed by atoms with Gasteiger partial charge in [0.1, 0.15) is 0 Å². The van der Waals surface area contributed by atoms with Crippen molar-refractivity contribution in [3.05, 3.63) is 69.8 Å². The van der Waals surface area contributed by atoms with Gasteiger partial charge in [-0.3, -0.25) is 0 Å². The van der Waals surface area contributed by atoms with Gasteiger partial charge in [0.05, 0.1) is 0 Å². The fourth-order valence-corrected chi connectivity index (χ4v) is 8.25. The lowest BCUT2D eigenvalue weighted by atomic mass is 9.61. The Bertz CT molecular complexity index is 995. The van der Waals surface area contributed by atoms with E-state index in [0.717, 1.165) is 41.9 Å². The molecule has 0 heteroatoms. The van der Waals surface area contributed by atoms with Crippen LogP contribution in [0.15, 0.2) is 36.4 Å². The van der Waals surface area contributed by atoms with Gasteiger partial charge in [-0.1, -0.05) is 104 Å². The summed E-state index contributed by atoms with van der Waals surface area (Å²) in [6, 6.07) is 14.8. The fourth-order valence-electron chi connectivity index (χ4n) is 8.25. The van der Waals surface area contributed by atoms with Gasteiger partial charge in [-0.15, -0.1) is 0 Å². The molecule has 1 saturated carbocycles. The van der Waals surface area contributed by atoms with Crippen LogP contribution >= 0.6 is 0 Å². The summed E-state index contributed by atoms with van der Waals surface area (Å²) in [5, 5.41) is 0. The maximum absolute atomic E-state index is 2.61. The van der Waals surface area contributed by atoms with E-state index in [9.17, 15) is 0 Å². The highest BCUT2D eigenvalue weighted by atomic mass is 14.4. The smallest absolute Gasteiger partial charge is 0.0118 e. The van der Waals surface area contributed by atoms with E-state index in [1.807, 2.05) is 0 Å². The van der Waals surface area contributed by atoms with Crippen molar-refractivity contribution in [1.29, 1.82) is 0 Å². The summed E-state index contributed by atoms with van der Waals surface area (Å²) in [5.74, 6) is 5.94. The zero-order valence-corrected chi connectivity index (χ0v) is 25.3. The zero-order chi connectivity index (χ0) is 26.5. The van der Waals surface area contributed by atoms with Crippen LogP contribution in [0.5, 0.6) is 0 Å². The van der Waals surface area contributed by atoms with Gasteiger partial charge in [0.15, 0.2) is 0 Å². The number of aryl methyl sites for hydroxylation is 3. The molecule has 6 atom stereocenters. The second-order valence-corrected chi connectivity index (χ2v) is 13.3. The Morgan fingerprint density at radius 1 is 0.892 bits per heavy atom. The van der Waals surface area contributed by atoms with Crippen LogP contribution in [0.25, 0.3) is 0 Å². The predicted molar refractivity (Wildman–Crippen MR) is 162 cm³/mol. The van der Waals surface area contributed by atoms with Crippen LogP contribution in [0.4, 0.5) is 0 Å². The van der Waals surface area contributed by atoms with Crippen LogP contribution in [0.3, 0.4) is 0 Å². The molecule has 0 aliphatic heterocycles. The van der Waals surface area contributed by atoms with E-state index in [2.05, 4.69) is 84.9 Å². The van der Waals surface area contributed by atoms with Crippen molar-refractivity contribution in [3.8, 4) is 0 Å². The lowest BCUT2D eigenvalue weighted by molar-refractivity contribution is 0.0569. The van der Waals surface area contributed by atoms with Crippen LogP contribution in [0.2, 0.25) is 0 Å². The molecular weight excluding hydrogens is 444 g/mol.